The molecule has 0 spiro atoms. The summed E-state index contributed by atoms with van der Waals surface area (Å²) in [6, 6.07) is 0. The van der Waals surface area contributed by atoms with Crippen molar-refractivity contribution in [3.8, 4) is 0 Å². The predicted octanol–water partition coefficient (Wildman–Crippen LogP) is 2.03. The van der Waals surface area contributed by atoms with Crippen molar-refractivity contribution in [3.05, 3.63) is 11.3 Å². The molecule has 94 valence electrons. The lowest BCUT2D eigenvalue weighted by molar-refractivity contribution is -0.173. The standard InChI is InChI=1S/C12H24N2O2/c1-7-9-10(11(8-2)13(3)4)12(15)16-14(5)6/h7-9H2,1-6H3. The molecule has 0 aromatic heterocycles. The van der Waals surface area contributed by atoms with Crippen molar-refractivity contribution >= 4 is 5.97 Å². The first kappa shape index (κ1) is 15.0. The van der Waals surface area contributed by atoms with Gasteiger partial charge in [0.15, 0.2) is 0 Å². The van der Waals surface area contributed by atoms with Crippen molar-refractivity contribution in [2.75, 3.05) is 28.2 Å². The van der Waals surface area contributed by atoms with E-state index in [0.29, 0.717) is 0 Å². The third-order valence-corrected chi connectivity index (χ3v) is 2.23. The highest BCUT2D eigenvalue weighted by atomic mass is 16.7. The summed E-state index contributed by atoms with van der Waals surface area (Å²) < 4.78 is 0. The molecule has 0 bridgehead atoms. The van der Waals surface area contributed by atoms with E-state index in [4.69, 9.17) is 4.84 Å². The van der Waals surface area contributed by atoms with Gasteiger partial charge in [0.1, 0.15) is 0 Å². The summed E-state index contributed by atoms with van der Waals surface area (Å²) >= 11 is 0. The number of carbonyl (C=O) groups is 1. The van der Waals surface area contributed by atoms with Crippen LogP contribution in [0.5, 0.6) is 0 Å². The summed E-state index contributed by atoms with van der Waals surface area (Å²) in [6.07, 6.45) is 2.54. The molecule has 0 N–H and O–H groups in total. The molecule has 0 fully saturated rings. The van der Waals surface area contributed by atoms with E-state index in [1.54, 1.807) is 14.1 Å². The molecule has 4 heteroatoms. The van der Waals surface area contributed by atoms with Gasteiger partial charge < -0.3 is 9.74 Å². The molecule has 0 rings (SSSR count). The Morgan fingerprint density at radius 1 is 1.12 bits per heavy atom. The Morgan fingerprint density at radius 3 is 2.00 bits per heavy atom. The molecule has 0 unspecified atom stereocenters. The van der Waals surface area contributed by atoms with Gasteiger partial charge in [-0.1, -0.05) is 20.3 Å². The molecule has 0 aromatic carbocycles. The van der Waals surface area contributed by atoms with Gasteiger partial charge in [-0.15, -0.1) is 5.06 Å². The van der Waals surface area contributed by atoms with Gasteiger partial charge in [0, 0.05) is 33.9 Å². The fraction of sp³-hybridized carbons (Fsp3) is 0.750. The van der Waals surface area contributed by atoms with E-state index in [-0.39, 0.29) is 5.97 Å². The van der Waals surface area contributed by atoms with Gasteiger partial charge in [-0.3, -0.25) is 0 Å². The fourth-order valence-electron chi connectivity index (χ4n) is 1.63. The van der Waals surface area contributed by atoms with Gasteiger partial charge in [0.05, 0.1) is 5.57 Å². The van der Waals surface area contributed by atoms with E-state index in [9.17, 15) is 4.79 Å². The molecular formula is C12H24N2O2. The van der Waals surface area contributed by atoms with Gasteiger partial charge >= 0.3 is 5.97 Å². The number of nitrogens with zero attached hydrogens (tertiary/aromatic N) is 2. The van der Waals surface area contributed by atoms with E-state index in [2.05, 4.69) is 6.92 Å². The highest BCUT2D eigenvalue weighted by Crippen LogP contribution is 2.18. The van der Waals surface area contributed by atoms with E-state index in [1.807, 2.05) is 25.9 Å². The van der Waals surface area contributed by atoms with Crippen LogP contribution in [0, 0.1) is 0 Å². The van der Waals surface area contributed by atoms with Gasteiger partial charge in [-0.25, -0.2) is 4.79 Å². The number of rotatable bonds is 6. The Kier molecular flexibility index (Phi) is 6.81. The minimum Gasteiger partial charge on any atom is -0.381 e. The van der Waals surface area contributed by atoms with Crippen LogP contribution < -0.4 is 0 Å². The molecule has 0 aromatic rings. The second-order valence-corrected chi connectivity index (χ2v) is 4.11. The molecule has 16 heavy (non-hydrogen) atoms. The molecule has 0 saturated carbocycles. The minimum atomic E-state index is -0.239. The summed E-state index contributed by atoms with van der Waals surface area (Å²) in [5.74, 6) is -0.239. The third kappa shape index (κ3) is 4.66. The van der Waals surface area contributed by atoms with Crippen LogP contribution in [-0.4, -0.2) is 44.1 Å². The molecule has 0 aliphatic carbocycles. The number of carbonyl (C=O) groups excluding carboxylic acids is 1. The van der Waals surface area contributed by atoms with Gasteiger partial charge in [-0.05, 0) is 12.8 Å². The van der Waals surface area contributed by atoms with E-state index in [1.165, 1.54) is 5.06 Å². The molecule has 0 aliphatic rings. The zero-order valence-corrected chi connectivity index (χ0v) is 11.3. The smallest absolute Gasteiger partial charge is 0.354 e. The largest absolute Gasteiger partial charge is 0.381 e. The van der Waals surface area contributed by atoms with E-state index < -0.39 is 0 Å². The van der Waals surface area contributed by atoms with Crippen LogP contribution in [0.25, 0.3) is 0 Å². The van der Waals surface area contributed by atoms with Gasteiger partial charge in [0.25, 0.3) is 0 Å². The van der Waals surface area contributed by atoms with Crippen LogP contribution in [0.4, 0.5) is 0 Å². The maximum atomic E-state index is 11.9. The molecule has 0 amide bonds. The third-order valence-electron chi connectivity index (χ3n) is 2.23. The first-order valence-electron chi connectivity index (χ1n) is 5.72. The van der Waals surface area contributed by atoms with Crippen molar-refractivity contribution in [2.24, 2.45) is 0 Å². The lowest BCUT2D eigenvalue weighted by atomic mass is 10.1. The quantitative estimate of drug-likeness (QED) is 0.514. The van der Waals surface area contributed by atoms with Gasteiger partial charge in [-0.2, -0.15) is 0 Å². The van der Waals surface area contributed by atoms with Crippen LogP contribution in [0.1, 0.15) is 33.1 Å². The van der Waals surface area contributed by atoms with Crippen molar-refractivity contribution < 1.29 is 9.63 Å². The second kappa shape index (κ2) is 7.28. The fourth-order valence-corrected chi connectivity index (χ4v) is 1.63. The average molecular weight is 228 g/mol. The van der Waals surface area contributed by atoms with Crippen LogP contribution in [-0.2, 0) is 9.63 Å². The molecule has 0 aliphatic heterocycles. The Balaban J connectivity index is 5.02. The van der Waals surface area contributed by atoms with Crippen molar-refractivity contribution in [1.82, 2.24) is 9.96 Å². The zero-order valence-electron chi connectivity index (χ0n) is 11.3. The molecule has 0 radical (unpaired) electrons. The Labute approximate surface area is 98.8 Å². The second-order valence-electron chi connectivity index (χ2n) is 4.11. The molecule has 0 atom stereocenters. The van der Waals surface area contributed by atoms with Gasteiger partial charge in [0.2, 0.25) is 0 Å². The average Bonchev–Trinajstić information content (AvgIpc) is 2.15. The summed E-state index contributed by atoms with van der Waals surface area (Å²) in [4.78, 5) is 19.0. The molecule has 4 nitrogen and oxygen atoms in total. The number of hydrogen-bond acceptors (Lipinski definition) is 4. The lowest BCUT2D eigenvalue weighted by Gasteiger charge is -2.21. The van der Waals surface area contributed by atoms with Crippen molar-refractivity contribution in [2.45, 2.75) is 33.1 Å². The summed E-state index contributed by atoms with van der Waals surface area (Å²) in [7, 11) is 7.33. The highest BCUT2D eigenvalue weighted by Gasteiger charge is 2.17. The summed E-state index contributed by atoms with van der Waals surface area (Å²) in [6.45, 7) is 4.11. The van der Waals surface area contributed by atoms with Crippen molar-refractivity contribution in [3.63, 3.8) is 0 Å². The molecular weight excluding hydrogens is 204 g/mol. The van der Waals surface area contributed by atoms with Crippen LogP contribution in [0.2, 0.25) is 0 Å². The Hall–Kier alpha value is -1.03. The van der Waals surface area contributed by atoms with Crippen LogP contribution in [0.3, 0.4) is 0 Å². The maximum Gasteiger partial charge on any atom is 0.354 e. The predicted molar refractivity (Wildman–Crippen MR) is 65.7 cm³/mol. The summed E-state index contributed by atoms with van der Waals surface area (Å²) in [5.41, 5.74) is 1.83. The zero-order chi connectivity index (χ0) is 12.7. The minimum absolute atomic E-state index is 0.239. The number of allylic oxidation sites excluding steroid dienone is 1. The molecule has 0 heterocycles. The van der Waals surface area contributed by atoms with Crippen LogP contribution in [0.15, 0.2) is 11.3 Å². The first-order chi connectivity index (χ1) is 7.43. The number of hydroxylamine groups is 2. The van der Waals surface area contributed by atoms with Crippen LogP contribution >= 0.6 is 0 Å². The topological polar surface area (TPSA) is 32.8 Å². The van der Waals surface area contributed by atoms with E-state index >= 15 is 0 Å². The Bertz CT molecular complexity index is 258. The molecule has 0 saturated heterocycles. The highest BCUT2D eigenvalue weighted by molar-refractivity contribution is 5.89. The monoisotopic (exact) mass is 228 g/mol. The number of hydrogen-bond donors (Lipinski definition) is 0. The summed E-state index contributed by atoms with van der Waals surface area (Å²) in [5, 5.41) is 1.43. The Morgan fingerprint density at radius 2 is 1.69 bits per heavy atom. The van der Waals surface area contributed by atoms with Crippen molar-refractivity contribution in [1.29, 1.82) is 0 Å². The SMILES string of the molecule is CCCC(C(=O)ON(C)C)=C(CC)N(C)C. The normalized spacial score (nSPS) is 12.4. The first-order valence-corrected chi connectivity index (χ1v) is 5.72. The lowest BCUT2D eigenvalue weighted by Crippen LogP contribution is -2.24. The van der Waals surface area contributed by atoms with E-state index in [0.717, 1.165) is 30.5 Å². The maximum absolute atomic E-state index is 11.9.